The summed E-state index contributed by atoms with van der Waals surface area (Å²) in [6, 6.07) is 7.51. The molecule has 1 aromatic rings. The molecule has 0 aliphatic carbocycles. The number of hydrogen-bond donors (Lipinski definition) is 1. The Kier molecular flexibility index (Phi) is 5.77. The molecule has 0 aliphatic rings. The second kappa shape index (κ2) is 6.86. The lowest BCUT2D eigenvalue weighted by Crippen LogP contribution is -2.15. The van der Waals surface area contributed by atoms with Gasteiger partial charge in [-0.05, 0) is 24.3 Å². The average Bonchev–Trinajstić information content (AvgIpc) is 2.24. The summed E-state index contributed by atoms with van der Waals surface area (Å²) in [6.07, 6.45) is -5.04. The Morgan fingerprint density at radius 3 is 2.35 bits per heavy atom. The number of nitrogens with one attached hydrogen (secondary N) is 1. The Hall–Kier alpha value is -0.750. The molecular formula is C11H13BrF3NO. The van der Waals surface area contributed by atoms with Crippen LogP contribution >= 0.6 is 15.9 Å². The van der Waals surface area contributed by atoms with Crippen molar-refractivity contribution < 1.29 is 17.9 Å². The van der Waals surface area contributed by atoms with Gasteiger partial charge in [0, 0.05) is 16.7 Å². The van der Waals surface area contributed by atoms with Crippen LogP contribution in [0.3, 0.4) is 0 Å². The number of rotatable bonds is 6. The van der Waals surface area contributed by atoms with E-state index < -0.39 is 12.6 Å². The van der Waals surface area contributed by atoms with Crippen LogP contribution in [0.4, 0.5) is 18.9 Å². The Morgan fingerprint density at radius 2 is 1.76 bits per heavy atom. The minimum Gasteiger partial charge on any atom is -0.383 e. The van der Waals surface area contributed by atoms with Gasteiger partial charge in [0.05, 0.1) is 19.6 Å². The third-order valence-corrected chi connectivity index (χ3v) is 2.48. The molecule has 1 aromatic carbocycles. The van der Waals surface area contributed by atoms with Gasteiger partial charge in [-0.2, -0.15) is 13.2 Å². The van der Waals surface area contributed by atoms with E-state index in [1.165, 1.54) is 0 Å². The molecule has 0 radical (unpaired) electrons. The van der Waals surface area contributed by atoms with Crippen molar-refractivity contribution in [1.29, 1.82) is 0 Å². The Bertz CT molecular complexity index is 326. The van der Waals surface area contributed by atoms with Crippen LogP contribution in [-0.4, -0.2) is 25.9 Å². The molecule has 0 aromatic heterocycles. The first-order valence-electron chi connectivity index (χ1n) is 5.11. The third kappa shape index (κ3) is 7.23. The van der Waals surface area contributed by atoms with Crippen LogP contribution in [0.2, 0.25) is 0 Å². The normalized spacial score (nSPS) is 11.5. The fourth-order valence-electron chi connectivity index (χ4n) is 1.13. The van der Waals surface area contributed by atoms with E-state index in [2.05, 4.69) is 21.2 Å². The Morgan fingerprint density at radius 1 is 1.12 bits per heavy atom. The fraction of sp³-hybridized carbons (Fsp3) is 0.455. The summed E-state index contributed by atoms with van der Waals surface area (Å²) in [4.78, 5) is 0. The molecule has 0 spiro atoms. The highest BCUT2D eigenvalue weighted by Crippen LogP contribution is 2.18. The summed E-state index contributed by atoms with van der Waals surface area (Å²) in [5, 5.41) is 3.04. The summed E-state index contributed by atoms with van der Waals surface area (Å²) in [7, 11) is 0. The van der Waals surface area contributed by atoms with Gasteiger partial charge >= 0.3 is 6.18 Å². The first-order valence-corrected chi connectivity index (χ1v) is 5.90. The number of halogens is 4. The second-order valence-corrected chi connectivity index (χ2v) is 4.33. The van der Waals surface area contributed by atoms with E-state index in [-0.39, 0.29) is 13.2 Å². The van der Waals surface area contributed by atoms with E-state index in [1.54, 1.807) is 0 Å². The highest BCUT2D eigenvalue weighted by molar-refractivity contribution is 9.10. The monoisotopic (exact) mass is 311 g/mol. The van der Waals surface area contributed by atoms with Gasteiger partial charge in [0.25, 0.3) is 0 Å². The quantitative estimate of drug-likeness (QED) is 0.806. The van der Waals surface area contributed by atoms with Crippen LogP contribution < -0.4 is 5.32 Å². The predicted molar refractivity (Wildman–Crippen MR) is 64.1 cm³/mol. The van der Waals surface area contributed by atoms with Crippen molar-refractivity contribution in [2.24, 2.45) is 0 Å². The van der Waals surface area contributed by atoms with E-state index in [1.807, 2.05) is 24.3 Å². The third-order valence-electron chi connectivity index (χ3n) is 1.95. The number of ether oxygens (including phenoxy) is 1. The van der Waals surface area contributed by atoms with Crippen molar-refractivity contribution in [3.8, 4) is 0 Å². The largest absolute Gasteiger partial charge is 0.391 e. The molecule has 1 rings (SSSR count). The standard InChI is InChI=1S/C11H13BrF3NO/c12-9-1-3-10(4-2-9)16-6-8-17-7-5-11(13,14)15/h1-4,16H,5-8H2. The first kappa shape index (κ1) is 14.3. The predicted octanol–water partition coefficient (Wildman–Crippen LogP) is 3.83. The van der Waals surface area contributed by atoms with Crippen LogP contribution in [0.25, 0.3) is 0 Å². The summed E-state index contributed by atoms with van der Waals surface area (Å²) < 4.78 is 41.1. The van der Waals surface area contributed by atoms with Crippen molar-refractivity contribution >= 4 is 21.6 Å². The van der Waals surface area contributed by atoms with E-state index in [0.717, 1.165) is 10.2 Å². The summed E-state index contributed by atoms with van der Waals surface area (Å²) in [5.74, 6) is 0. The van der Waals surface area contributed by atoms with Gasteiger partial charge in [-0.3, -0.25) is 0 Å². The molecule has 0 unspecified atom stereocenters. The van der Waals surface area contributed by atoms with Crippen LogP contribution in [-0.2, 0) is 4.74 Å². The van der Waals surface area contributed by atoms with E-state index in [4.69, 9.17) is 4.74 Å². The van der Waals surface area contributed by atoms with Crippen LogP contribution in [0.15, 0.2) is 28.7 Å². The molecule has 17 heavy (non-hydrogen) atoms. The molecule has 0 amide bonds. The van der Waals surface area contributed by atoms with Gasteiger partial charge in [0.1, 0.15) is 0 Å². The van der Waals surface area contributed by atoms with Gasteiger partial charge in [-0.25, -0.2) is 0 Å². The van der Waals surface area contributed by atoms with E-state index in [9.17, 15) is 13.2 Å². The van der Waals surface area contributed by atoms with Crippen molar-refractivity contribution in [1.82, 2.24) is 0 Å². The highest BCUT2D eigenvalue weighted by Gasteiger charge is 2.26. The molecule has 0 fully saturated rings. The van der Waals surface area contributed by atoms with Crippen molar-refractivity contribution in [3.05, 3.63) is 28.7 Å². The van der Waals surface area contributed by atoms with Gasteiger partial charge in [-0.15, -0.1) is 0 Å². The Balaban J connectivity index is 2.07. The zero-order valence-corrected chi connectivity index (χ0v) is 10.6. The molecule has 6 heteroatoms. The maximum absolute atomic E-state index is 11.8. The minimum atomic E-state index is -4.14. The SMILES string of the molecule is FC(F)(F)CCOCCNc1ccc(Br)cc1. The summed E-state index contributed by atoms with van der Waals surface area (Å²) in [5.41, 5.74) is 0.910. The smallest absolute Gasteiger partial charge is 0.383 e. The van der Waals surface area contributed by atoms with Crippen LogP contribution in [0.5, 0.6) is 0 Å². The van der Waals surface area contributed by atoms with E-state index in [0.29, 0.717) is 6.54 Å². The molecule has 0 saturated carbocycles. The number of benzene rings is 1. The van der Waals surface area contributed by atoms with Gasteiger partial charge in [-0.1, -0.05) is 15.9 Å². The van der Waals surface area contributed by atoms with Gasteiger partial charge in [0.2, 0.25) is 0 Å². The number of anilines is 1. The number of hydrogen-bond acceptors (Lipinski definition) is 2. The maximum atomic E-state index is 11.8. The molecule has 0 bridgehead atoms. The molecule has 96 valence electrons. The lowest BCUT2D eigenvalue weighted by atomic mass is 10.3. The zero-order chi connectivity index (χ0) is 12.7. The molecule has 0 heterocycles. The van der Waals surface area contributed by atoms with Crippen LogP contribution in [0.1, 0.15) is 6.42 Å². The molecule has 2 nitrogen and oxygen atoms in total. The lowest BCUT2D eigenvalue weighted by molar-refractivity contribution is -0.144. The van der Waals surface area contributed by atoms with Crippen molar-refractivity contribution in [3.63, 3.8) is 0 Å². The Labute approximate surface area is 106 Å². The van der Waals surface area contributed by atoms with Gasteiger partial charge in [0.15, 0.2) is 0 Å². The molecule has 0 aliphatic heterocycles. The summed E-state index contributed by atoms with van der Waals surface area (Å²) in [6.45, 7) is 0.456. The van der Waals surface area contributed by atoms with Gasteiger partial charge < -0.3 is 10.1 Å². The highest BCUT2D eigenvalue weighted by atomic mass is 79.9. The second-order valence-electron chi connectivity index (χ2n) is 3.41. The fourth-order valence-corrected chi connectivity index (χ4v) is 1.39. The maximum Gasteiger partial charge on any atom is 0.391 e. The van der Waals surface area contributed by atoms with Crippen molar-refractivity contribution in [2.75, 3.05) is 25.1 Å². The average molecular weight is 312 g/mol. The molecule has 0 atom stereocenters. The zero-order valence-electron chi connectivity index (χ0n) is 9.06. The lowest BCUT2D eigenvalue weighted by Gasteiger charge is -2.08. The molecular weight excluding hydrogens is 299 g/mol. The summed E-state index contributed by atoms with van der Waals surface area (Å²) >= 11 is 3.31. The molecule has 1 N–H and O–H groups in total. The van der Waals surface area contributed by atoms with Crippen molar-refractivity contribution in [2.45, 2.75) is 12.6 Å². The van der Waals surface area contributed by atoms with E-state index >= 15 is 0 Å². The van der Waals surface area contributed by atoms with Crippen LogP contribution in [0, 0.1) is 0 Å². The number of alkyl halides is 3. The first-order chi connectivity index (χ1) is 7.97. The molecule has 0 saturated heterocycles. The topological polar surface area (TPSA) is 21.3 Å². The minimum absolute atomic E-state index is 0.256.